The van der Waals surface area contributed by atoms with Crippen molar-refractivity contribution in [3.8, 4) is 0 Å². The van der Waals surface area contributed by atoms with E-state index in [2.05, 4.69) is 10.6 Å². The average Bonchev–Trinajstić information content (AvgIpc) is 2.75. The van der Waals surface area contributed by atoms with E-state index < -0.39 is 5.91 Å². The molecule has 0 saturated carbocycles. The molecule has 3 rings (SSSR count). The summed E-state index contributed by atoms with van der Waals surface area (Å²) in [6.07, 6.45) is 0.618. The molecule has 2 aromatic rings. The molecule has 0 bridgehead atoms. The van der Waals surface area contributed by atoms with Crippen molar-refractivity contribution in [3.63, 3.8) is 0 Å². The van der Waals surface area contributed by atoms with Crippen LogP contribution in [0.1, 0.15) is 15.9 Å². The van der Waals surface area contributed by atoms with E-state index in [-0.39, 0.29) is 11.9 Å². The van der Waals surface area contributed by atoms with Crippen LogP contribution in [0.15, 0.2) is 54.6 Å². The van der Waals surface area contributed by atoms with Crippen molar-refractivity contribution < 1.29 is 14.4 Å². The van der Waals surface area contributed by atoms with Gasteiger partial charge >= 0.3 is 6.03 Å². The van der Waals surface area contributed by atoms with Gasteiger partial charge in [-0.2, -0.15) is 0 Å². The molecule has 1 aliphatic heterocycles. The Kier molecular flexibility index (Phi) is 7.40. The fourth-order valence-corrected chi connectivity index (χ4v) is 3.34. The molecule has 8 nitrogen and oxygen atoms in total. The highest BCUT2D eigenvalue weighted by molar-refractivity contribution is 5.93. The lowest BCUT2D eigenvalue weighted by molar-refractivity contribution is -0.117. The van der Waals surface area contributed by atoms with Gasteiger partial charge < -0.3 is 21.3 Å². The zero-order valence-electron chi connectivity index (χ0n) is 16.8. The van der Waals surface area contributed by atoms with Crippen molar-refractivity contribution >= 4 is 23.5 Å². The van der Waals surface area contributed by atoms with Gasteiger partial charge in [0, 0.05) is 44.0 Å². The SMILES string of the molecule is NC(=O)c1cccc(CCNC(=O)N2CCN(CC(=O)Nc3ccccc3)CC2)c1. The molecule has 0 unspecified atom stereocenters. The fraction of sp³-hybridized carbons (Fsp3) is 0.318. The summed E-state index contributed by atoms with van der Waals surface area (Å²) in [7, 11) is 0. The van der Waals surface area contributed by atoms with Gasteiger partial charge in [0.25, 0.3) is 0 Å². The molecular formula is C22H27N5O3. The second-order valence-corrected chi connectivity index (χ2v) is 7.22. The Labute approximate surface area is 176 Å². The molecular weight excluding hydrogens is 382 g/mol. The van der Waals surface area contributed by atoms with Crippen LogP contribution in [0.5, 0.6) is 0 Å². The van der Waals surface area contributed by atoms with Gasteiger partial charge in [0.15, 0.2) is 0 Å². The number of nitrogens with one attached hydrogen (secondary N) is 2. The van der Waals surface area contributed by atoms with E-state index in [1.54, 1.807) is 23.1 Å². The first-order valence-electron chi connectivity index (χ1n) is 10.00. The number of hydrogen-bond donors (Lipinski definition) is 3. The molecule has 0 radical (unpaired) electrons. The van der Waals surface area contributed by atoms with Gasteiger partial charge in [-0.15, -0.1) is 0 Å². The summed E-state index contributed by atoms with van der Waals surface area (Å²) in [6.45, 7) is 3.22. The van der Waals surface area contributed by atoms with Crippen LogP contribution in [0.4, 0.5) is 10.5 Å². The number of primary amides is 1. The van der Waals surface area contributed by atoms with E-state index in [1.807, 2.05) is 41.3 Å². The van der Waals surface area contributed by atoms with Gasteiger partial charge in [-0.05, 0) is 36.2 Å². The van der Waals surface area contributed by atoms with Gasteiger partial charge in [-0.1, -0.05) is 30.3 Å². The summed E-state index contributed by atoms with van der Waals surface area (Å²) in [5, 5.41) is 5.79. The van der Waals surface area contributed by atoms with Crippen molar-refractivity contribution in [2.24, 2.45) is 5.73 Å². The number of urea groups is 1. The van der Waals surface area contributed by atoms with E-state index in [1.165, 1.54) is 0 Å². The van der Waals surface area contributed by atoms with Crippen LogP contribution >= 0.6 is 0 Å². The zero-order valence-corrected chi connectivity index (χ0v) is 16.8. The Bertz CT molecular complexity index is 879. The smallest absolute Gasteiger partial charge is 0.317 e. The first kappa shape index (κ1) is 21.3. The highest BCUT2D eigenvalue weighted by Crippen LogP contribution is 2.07. The summed E-state index contributed by atoms with van der Waals surface area (Å²) < 4.78 is 0. The van der Waals surface area contributed by atoms with Gasteiger partial charge in [-0.3, -0.25) is 14.5 Å². The van der Waals surface area contributed by atoms with E-state index in [0.717, 1.165) is 11.3 Å². The van der Waals surface area contributed by atoms with E-state index >= 15 is 0 Å². The van der Waals surface area contributed by atoms with Gasteiger partial charge in [0.1, 0.15) is 0 Å². The molecule has 1 heterocycles. The molecule has 4 amide bonds. The van der Waals surface area contributed by atoms with Crippen LogP contribution in [-0.4, -0.2) is 66.9 Å². The Morgan fingerprint density at radius 3 is 2.37 bits per heavy atom. The lowest BCUT2D eigenvalue weighted by Gasteiger charge is -2.34. The highest BCUT2D eigenvalue weighted by atomic mass is 16.2. The van der Waals surface area contributed by atoms with Crippen molar-refractivity contribution in [1.29, 1.82) is 0 Å². The van der Waals surface area contributed by atoms with Gasteiger partial charge in [-0.25, -0.2) is 4.79 Å². The van der Waals surface area contributed by atoms with Crippen LogP contribution in [0.25, 0.3) is 0 Å². The van der Waals surface area contributed by atoms with Crippen LogP contribution in [-0.2, 0) is 11.2 Å². The molecule has 0 aliphatic carbocycles. The first-order valence-corrected chi connectivity index (χ1v) is 10.00. The molecule has 4 N–H and O–H groups in total. The molecule has 0 atom stereocenters. The summed E-state index contributed by atoms with van der Waals surface area (Å²) in [6, 6.07) is 16.3. The largest absolute Gasteiger partial charge is 0.366 e. The van der Waals surface area contributed by atoms with Crippen LogP contribution < -0.4 is 16.4 Å². The zero-order chi connectivity index (χ0) is 21.3. The second-order valence-electron chi connectivity index (χ2n) is 7.22. The lowest BCUT2D eigenvalue weighted by atomic mass is 10.1. The summed E-state index contributed by atoms with van der Waals surface area (Å²) in [5.74, 6) is -0.520. The topological polar surface area (TPSA) is 108 Å². The Morgan fingerprint density at radius 2 is 1.67 bits per heavy atom. The molecule has 8 heteroatoms. The van der Waals surface area contributed by atoms with E-state index in [0.29, 0.717) is 51.3 Å². The molecule has 1 saturated heterocycles. The fourth-order valence-electron chi connectivity index (χ4n) is 3.34. The number of carbonyl (C=O) groups excluding carboxylic acids is 3. The minimum Gasteiger partial charge on any atom is -0.366 e. The van der Waals surface area contributed by atoms with E-state index in [9.17, 15) is 14.4 Å². The molecule has 1 aliphatic rings. The van der Waals surface area contributed by atoms with Crippen molar-refractivity contribution in [2.45, 2.75) is 6.42 Å². The summed E-state index contributed by atoms with van der Waals surface area (Å²) >= 11 is 0. The highest BCUT2D eigenvalue weighted by Gasteiger charge is 2.22. The number of anilines is 1. The maximum absolute atomic E-state index is 12.4. The third-order valence-electron chi connectivity index (χ3n) is 4.99. The Balaban J connectivity index is 1.36. The number of nitrogens with two attached hydrogens (primary N) is 1. The monoisotopic (exact) mass is 409 g/mol. The number of rotatable bonds is 7. The number of para-hydroxylation sites is 1. The molecule has 1 fully saturated rings. The molecule has 2 aromatic carbocycles. The van der Waals surface area contributed by atoms with Crippen molar-refractivity contribution in [3.05, 3.63) is 65.7 Å². The number of amides is 4. The number of benzene rings is 2. The molecule has 30 heavy (non-hydrogen) atoms. The third kappa shape index (κ3) is 6.31. The molecule has 0 aromatic heterocycles. The average molecular weight is 409 g/mol. The summed E-state index contributed by atoms with van der Waals surface area (Å²) in [4.78, 5) is 39.6. The van der Waals surface area contributed by atoms with Crippen molar-refractivity contribution in [2.75, 3.05) is 44.6 Å². The first-order chi connectivity index (χ1) is 14.5. The maximum atomic E-state index is 12.4. The second kappa shape index (κ2) is 10.4. The predicted molar refractivity (Wildman–Crippen MR) is 115 cm³/mol. The number of hydrogen-bond acceptors (Lipinski definition) is 4. The Morgan fingerprint density at radius 1 is 0.933 bits per heavy atom. The normalized spacial score (nSPS) is 14.2. The molecule has 158 valence electrons. The van der Waals surface area contributed by atoms with E-state index in [4.69, 9.17) is 5.73 Å². The number of carbonyl (C=O) groups is 3. The third-order valence-corrected chi connectivity index (χ3v) is 4.99. The number of piperazine rings is 1. The van der Waals surface area contributed by atoms with Gasteiger partial charge in [0.2, 0.25) is 11.8 Å². The van der Waals surface area contributed by atoms with Gasteiger partial charge in [0.05, 0.1) is 6.54 Å². The molecule has 0 spiro atoms. The standard InChI is InChI=1S/C22H27N5O3/c23-21(29)18-6-4-5-17(15-18)9-10-24-22(30)27-13-11-26(12-14-27)16-20(28)25-19-7-2-1-3-8-19/h1-8,15H,9-14,16H2,(H2,23,29)(H,24,30)(H,25,28). The lowest BCUT2D eigenvalue weighted by Crippen LogP contribution is -2.53. The predicted octanol–water partition coefficient (Wildman–Crippen LogP) is 1.29. The van der Waals surface area contributed by atoms with Crippen LogP contribution in [0.3, 0.4) is 0 Å². The minimum atomic E-state index is -0.462. The Hall–Kier alpha value is -3.39. The maximum Gasteiger partial charge on any atom is 0.317 e. The minimum absolute atomic E-state index is 0.0581. The van der Waals surface area contributed by atoms with Crippen LogP contribution in [0.2, 0.25) is 0 Å². The quantitative estimate of drug-likeness (QED) is 0.640. The van der Waals surface area contributed by atoms with Crippen LogP contribution in [0, 0.1) is 0 Å². The summed E-state index contributed by atoms with van der Waals surface area (Å²) in [5.41, 5.74) is 7.48. The number of nitrogens with zero attached hydrogens (tertiary/aromatic N) is 2. The van der Waals surface area contributed by atoms with Crippen molar-refractivity contribution in [1.82, 2.24) is 15.1 Å².